The molecule has 0 radical (unpaired) electrons. The molecule has 2 atom stereocenters. The van der Waals surface area contributed by atoms with E-state index in [1.165, 1.54) is 0 Å². The van der Waals surface area contributed by atoms with E-state index >= 15 is 0 Å². The molecule has 0 heterocycles. The Morgan fingerprint density at radius 2 is 1.64 bits per heavy atom. The molecule has 2 N–H and O–H groups in total. The summed E-state index contributed by atoms with van der Waals surface area (Å²) in [4.78, 5) is 12.4. The van der Waals surface area contributed by atoms with Gasteiger partial charge in [-0.05, 0) is 49.6 Å². The molecular formula is C18H20ClNO2. The Bertz CT molecular complexity index is 647. The van der Waals surface area contributed by atoms with Gasteiger partial charge < -0.3 is 10.4 Å². The third-order valence-electron chi connectivity index (χ3n) is 3.75. The first-order valence-corrected chi connectivity index (χ1v) is 7.58. The lowest BCUT2D eigenvalue weighted by molar-refractivity contribution is 0.0851. The summed E-state index contributed by atoms with van der Waals surface area (Å²) in [6.07, 6.45) is -0.787. The number of aryl methyl sites for hydroxylation is 2. The predicted octanol–water partition coefficient (Wildman–Crippen LogP) is 3.81. The summed E-state index contributed by atoms with van der Waals surface area (Å²) in [5.41, 5.74) is 3.23. The van der Waals surface area contributed by atoms with Crippen LogP contribution < -0.4 is 5.32 Å². The average molecular weight is 318 g/mol. The molecule has 0 aliphatic rings. The number of carbonyl (C=O) groups excluding carboxylic acids is 1. The van der Waals surface area contributed by atoms with E-state index in [0.717, 1.165) is 16.7 Å². The van der Waals surface area contributed by atoms with Crippen LogP contribution in [0.5, 0.6) is 0 Å². The first-order chi connectivity index (χ1) is 10.4. The van der Waals surface area contributed by atoms with Crippen LogP contribution in [0.1, 0.15) is 40.1 Å². The molecule has 2 aromatic rings. The third kappa shape index (κ3) is 3.67. The van der Waals surface area contributed by atoms with Crippen molar-refractivity contribution in [1.29, 1.82) is 0 Å². The summed E-state index contributed by atoms with van der Waals surface area (Å²) in [6.45, 7) is 5.59. The second kappa shape index (κ2) is 6.95. The van der Waals surface area contributed by atoms with Gasteiger partial charge in [0.2, 0.25) is 0 Å². The quantitative estimate of drug-likeness (QED) is 0.901. The Balaban J connectivity index is 2.12. The van der Waals surface area contributed by atoms with Crippen molar-refractivity contribution in [1.82, 2.24) is 5.32 Å². The molecule has 0 aromatic heterocycles. The van der Waals surface area contributed by atoms with E-state index in [4.69, 9.17) is 11.6 Å². The van der Waals surface area contributed by atoms with Crippen molar-refractivity contribution >= 4 is 17.5 Å². The van der Waals surface area contributed by atoms with Crippen LogP contribution in [-0.2, 0) is 0 Å². The van der Waals surface area contributed by atoms with Crippen LogP contribution in [0.4, 0.5) is 0 Å². The molecule has 2 rings (SSSR count). The molecule has 0 saturated heterocycles. The summed E-state index contributed by atoms with van der Waals surface area (Å²) >= 11 is 5.84. The smallest absolute Gasteiger partial charge is 0.252 e. The lowest BCUT2D eigenvalue weighted by Crippen LogP contribution is -2.37. The van der Waals surface area contributed by atoms with Crippen molar-refractivity contribution in [2.45, 2.75) is 32.9 Å². The van der Waals surface area contributed by atoms with Gasteiger partial charge in [0.25, 0.3) is 5.91 Å². The van der Waals surface area contributed by atoms with Crippen LogP contribution in [0.25, 0.3) is 0 Å². The van der Waals surface area contributed by atoms with E-state index in [0.29, 0.717) is 10.6 Å². The van der Waals surface area contributed by atoms with E-state index in [9.17, 15) is 9.90 Å². The third-order valence-corrected chi connectivity index (χ3v) is 4.00. The Morgan fingerprint density at radius 3 is 2.18 bits per heavy atom. The topological polar surface area (TPSA) is 49.3 Å². The molecule has 0 bridgehead atoms. The highest BCUT2D eigenvalue weighted by atomic mass is 35.5. The number of rotatable bonds is 4. The fourth-order valence-corrected chi connectivity index (χ4v) is 2.61. The molecule has 116 valence electrons. The van der Waals surface area contributed by atoms with Crippen LogP contribution in [0, 0.1) is 13.8 Å². The molecule has 1 amide bonds. The van der Waals surface area contributed by atoms with E-state index in [1.54, 1.807) is 31.2 Å². The maximum absolute atomic E-state index is 12.4. The van der Waals surface area contributed by atoms with Gasteiger partial charge in [0.1, 0.15) is 0 Å². The maximum atomic E-state index is 12.4. The van der Waals surface area contributed by atoms with Gasteiger partial charge in [0, 0.05) is 10.6 Å². The second-order valence-corrected chi connectivity index (χ2v) is 5.96. The van der Waals surface area contributed by atoms with Gasteiger partial charge in [-0.25, -0.2) is 0 Å². The van der Waals surface area contributed by atoms with Crippen LogP contribution in [-0.4, -0.2) is 17.1 Å². The fourth-order valence-electron chi connectivity index (χ4n) is 2.48. The zero-order valence-corrected chi connectivity index (χ0v) is 13.7. The lowest BCUT2D eigenvalue weighted by atomic mass is 10.00. The molecule has 2 aromatic carbocycles. The number of nitrogens with one attached hydrogen (secondary N) is 1. The number of benzene rings is 2. The van der Waals surface area contributed by atoms with E-state index in [2.05, 4.69) is 5.32 Å². The number of aliphatic hydroxyl groups excluding tert-OH is 1. The van der Waals surface area contributed by atoms with Gasteiger partial charge in [-0.1, -0.05) is 41.9 Å². The normalized spacial score (nSPS) is 13.5. The number of amides is 1. The Labute approximate surface area is 135 Å². The Kier molecular flexibility index (Phi) is 5.22. The summed E-state index contributed by atoms with van der Waals surface area (Å²) in [5, 5.41) is 13.8. The van der Waals surface area contributed by atoms with E-state index in [-0.39, 0.29) is 5.91 Å². The van der Waals surface area contributed by atoms with Crippen molar-refractivity contribution in [2.24, 2.45) is 0 Å². The zero-order valence-electron chi connectivity index (χ0n) is 12.9. The number of carbonyl (C=O) groups is 1. The Hall–Kier alpha value is -1.84. The molecule has 22 heavy (non-hydrogen) atoms. The minimum Gasteiger partial charge on any atom is -0.386 e. The van der Waals surface area contributed by atoms with Crippen LogP contribution in [0.3, 0.4) is 0 Å². The number of aliphatic hydroxyl groups is 1. The fraction of sp³-hybridized carbons (Fsp3) is 0.278. The summed E-state index contributed by atoms with van der Waals surface area (Å²) in [5.74, 6) is -0.170. The minimum atomic E-state index is -0.787. The molecular weight excluding hydrogens is 298 g/mol. The summed E-state index contributed by atoms with van der Waals surface area (Å²) in [6, 6.07) is 12.3. The van der Waals surface area contributed by atoms with Crippen molar-refractivity contribution in [3.63, 3.8) is 0 Å². The minimum absolute atomic E-state index is 0.170. The highest BCUT2D eigenvalue weighted by molar-refractivity contribution is 6.30. The number of halogens is 1. The van der Waals surface area contributed by atoms with E-state index < -0.39 is 12.1 Å². The average Bonchev–Trinajstić information content (AvgIpc) is 2.47. The molecule has 3 nitrogen and oxygen atoms in total. The zero-order chi connectivity index (χ0) is 16.3. The molecule has 0 aliphatic heterocycles. The van der Waals surface area contributed by atoms with Gasteiger partial charge in [-0.15, -0.1) is 0 Å². The summed E-state index contributed by atoms with van der Waals surface area (Å²) < 4.78 is 0. The maximum Gasteiger partial charge on any atom is 0.252 e. The number of hydrogen-bond donors (Lipinski definition) is 2. The van der Waals surface area contributed by atoms with Crippen LogP contribution in [0.15, 0.2) is 42.5 Å². The second-order valence-electron chi connectivity index (χ2n) is 5.53. The molecule has 0 saturated carbocycles. The molecule has 0 fully saturated rings. The molecule has 2 unspecified atom stereocenters. The van der Waals surface area contributed by atoms with E-state index in [1.807, 2.05) is 32.0 Å². The standard InChI is InChI=1S/C18H20ClNO2/c1-11-5-4-6-12(2)16(11)18(22)20-13(3)17(21)14-7-9-15(19)10-8-14/h4-10,13,17,21H,1-3H3,(H,20,22). The van der Waals surface area contributed by atoms with Gasteiger partial charge in [0.05, 0.1) is 12.1 Å². The van der Waals surface area contributed by atoms with Crippen molar-refractivity contribution in [3.8, 4) is 0 Å². The first-order valence-electron chi connectivity index (χ1n) is 7.20. The number of hydrogen-bond acceptors (Lipinski definition) is 2. The molecule has 4 heteroatoms. The predicted molar refractivity (Wildman–Crippen MR) is 89.3 cm³/mol. The lowest BCUT2D eigenvalue weighted by Gasteiger charge is -2.21. The van der Waals surface area contributed by atoms with Crippen molar-refractivity contribution < 1.29 is 9.90 Å². The summed E-state index contributed by atoms with van der Waals surface area (Å²) in [7, 11) is 0. The SMILES string of the molecule is Cc1cccc(C)c1C(=O)NC(C)C(O)c1ccc(Cl)cc1. The van der Waals surface area contributed by atoms with Crippen LogP contribution in [0.2, 0.25) is 5.02 Å². The highest BCUT2D eigenvalue weighted by Gasteiger charge is 2.20. The van der Waals surface area contributed by atoms with Gasteiger partial charge >= 0.3 is 0 Å². The molecule has 0 spiro atoms. The monoisotopic (exact) mass is 317 g/mol. The first kappa shape index (κ1) is 16.5. The van der Waals surface area contributed by atoms with Crippen molar-refractivity contribution in [2.75, 3.05) is 0 Å². The van der Waals surface area contributed by atoms with Gasteiger partial charge in [0.15, 0.2) is 0 Å². The largest absolute Gasteiger partial charge is 0.386 e. The Morgan fingerprint density at radius 1 is 1.09 bits per heavy atom. The van der Waals surface area contributed by atoms with Crippen LogP contribution >= 0.6 is 11.6 Å². The van der Waals surface area contributed by atoms with Crippen molar-refractivity contribution in [3.05, 3.63) is 69.7 Å². The highest BCUT2D eigenvalue weighted by Crippen LogP contribution is 2.20. The molecule has 0 aliphatic carbocycles. The van der Waals surface area contributed by atoms with Gasteiger partial charge in [-0.2, -0.15) is 0 Å². The van der Waals surface area contributed by atoms with Gasteiger partial charge in [-0.3, -0.25) is 4.79 Å².